The van der Waals surface area contributed by atoms with Crippen molar-refractivity contribution in [1.82, 2.24) is 4.98 Å². The Kier molecular flexibility index (Phi) is 4.79. The molecule has 0 saturated carbocycles. The lowest BCUT2D eigenvalue weighted by Crippen LogP contribution is -2.11. The number of nitrogen functional groups attached to an aromatic ring is 1. The third kappa shape index (κ3) is 3.46. The number of carbonyl (C=O) groups excluding carboxylic acids is 1. The van der Waals surface area contributed by atoms with Gasteiger partial charge in [-0.3, -0.25) is 4.79 Å². The number of carbonyl (C=O) groups is 1. The Morgan fingerprint density at radius 2 is 1.79 bits per heavy atom. The van der Waals surface area contributed by atoms with Crippen LogP contribution in [0.25, 0.3) is 21.5 Å². The number of nitrogens with two attached hydrogens (primary N) is 1. The van der Waals surface area contributed by atoms with Crippen molar-refractivity contribution in [3.8, 4) is 11.3 Å². The second-order valence-corrected chi connectivity index (χ2v) is 7.40. The molecule has 0 fully saturated rings. The van der Waals surface area contributed by atoms with Crippen LogP contribution in [0.5, 0.6) is 0 Å². The molecule has 0 spiro atoms. The van der Waals surface area contributed by atoms with Gasteiger partial charge in [0.05, 0.1) is 11.4 Å². The number of anilines is 2. The third-order valence-electron chi connectivity index (χ3n) is 4.56. The van der Waals surface area contributed by atoms with E-state index >= 15 is 0 Å². The third-order valence-corrected chi connectivity index (χ3v) is 5.67. The largest absolute Gasteiger partial charge is 0.397 e. The first kappa shape index (κ1) is 18.1. The number of halogens is 1. The Morgan fingerprint density at radius 1 is 1.07 bits per heavy atom. The molecule has 4 rings (SSSR count). The maximum atomic E-state index is 13.0. The van der Waals surface area contributed by atoms with E-state index in [0.29, 0.717) is 21.1 Å². The molecule has 0 unspecified atom stereocenters. The summed E-state index contributed by atoms with van der Waals surface area (Å²) in [6, 6.07) is 17.7. The second kappa shape index (κ2) is 7.40. The van der Waals surface area contributed by atoms with Crippen LogP contribution in [0.4, 0.5) is 15.8 Å². The van der Waals surface area contributed by atoms with Crippen LogP contribution in [-0.4, -0.2) is 10.9 Å². The number of thiophene rings is 1. The number of hydrogen-bond acceptors (Lipinski definition) is 4. The molecule has 0 aliphatic carbocycles. The fourth-order valence-corrected chi connectivity index (χ4v) is 3.95. The number of fused-ring (bicyclic) bond motifs is 1. The number of nitrogens with one attached hydrogen (secondary N) is 1. The minimum atomic E-state index is -0.358. The fourth-order valence-electron chi connectivity index (χ4n) is 2.96. The smallest absolute Gasteiger partial charge is 0.267 e. The van der Waals surface area contributed by atoms with Crippen LogP contribution < -0.4 is 11.1 Å². The zero-order valence-electron chi connectivity index (χ0n) is 15.2. The summed E-state index contributed by atoms with van der Waals surface area (Å²) in [7, 11) is 0. The van der Waals surface area contributed by atoms with Crippen molar-refractivity contribution < 1.29 is 9.18 Å². The highest BCUT2D eigenvalue weighted by molar-refractivity contribution is 7.21. The molecule has 1 amide bonds. The molecule has 0 radical (unpaired) electrons. The van der Waals surface area contributed by atoms with Crippen LogP contribution in [0, 0.1) is 5.82 Å². The topological polar surface area (TPSA) is 68.0 Å². The van der Waals surface area contributed by atoms with Crippen LogP contribution in [0.15, 0.2) is 60.7 Å². The Morgan fingerprint density at radius 3 is 2.46 bits per heavy atom. The quantitative estimate of drug-likeness (QED) is 0.483. The Balaban J connectivity index is 1.65. The summed E-state index contributed by atoms with van der Waals surface area (Å²) >= 11 is 1.25. The van der Waals surface area contributed by atoms with Gasteiger partial charge in [0.25, 0.3) is 5.91 Å². The standard InChI is InChI=1S/C22H18FN3OS/c1-2-13-3-5-14(6-4-13)18-12-11-17-19(24)20(28-22(17)26-18)21(27)25-16-9-7-15(23)8-10-16/h3-12H,2,24H2,1H3,(H,25,27). The first-order chi connectivity index (χ1) is 13.5. The molecule has 2 aromatic carbocycles. The van der Waals surface area contributed by atoms with E-state index in [1.165, 1.54) is 41.2 Å². The van der Waals surface area contributed by atoms with Gasteiger partial charge in [0.2, 0.25) is 0 Å². The van der Waals surface area contributed by atoms with Gasteiger partial charge in [-0.2, -0.15) is 0 Å². The Bertz CT molecular complexity index is 1150. The van der Waals surface area contributed by atoms with Crippen LogP contribution >= 0.6 is 11.3 Å². The summed E-state index contributed by atoms with van der Waals surface area (Å²) < 4.78 is 13.0. The van der Waals surface area contributed by atoms with Gasteiger partial charge in [-0.25, -0.2) is 9.37 Å². The summed E-state index contributed by atoms with van der Waals surface area (Å²) in [6.07, 6.45) is 0.987. The number of amides is 1. The van der Waals surface area contributed by atoms with Crippen molar-refractivity contribution in [1.29, 1.82) is 0 Å². The molecule has 4 aromatic rings. The molecule has 140 valence electrons. The Labute approximate surface area is 165 Å². The number of nitrogens with zero attached hydrogens (tertiary/aromatic N) is 1. The number of pyridine rings is 1. The summed E-state index contributed by atoms with van der Waals surface area (Å²) in [5, 5.41) is 3.50. The summed E-state index contributed by atoms with van der Waals surface area (Å²) in [6.45, 7) is 2.12. The molecule has 2 aromatic heterocycles. The van der Waals surface area contributed by atoms with E-state index in [1.54, 1.807) is 0 Å². The highest BCUT2D eigenvalue weighted by Crippen LogP contribution is 2.34. The average Bonchev–Trinajstić information content (AvgIpc) is 3.06. The minimum Gasteiger partial charge on any atom is -0.397 e. The van der Waals surface area contributed by atoms with Crippen molar-refractivity contribution >= 4 is 38.8 Å². The van der Waals surface area contributed by atoms with Gasteiger partial charge in [-0.05, 0) is 48.4 Å². The number of benzene rings is 2. The van der Waals surface area contributed by atoms with Crippen LogP contribution in [0.1, 0.15) is 22.2 Å². The lowest BCUT2D eigenvalue weighted by atomic mass is 10.1. The molecule has 3 N–H and O–H groups in total. The highest BCUT2D eigenvalue weighted by atomic mass is 32.1. The van der Waals surface area contributed by atoms with Gasteiger partial charge in [-0.15, -0.1) is 11.3 Å². The van der Waals surface area contributed by atoms with Gasteiger partial charge in [0.15, 0.2) is 0 Å². The zero-order chi connectivity index (χ0) is 19.7. The normalized spacial score (nSPS) is 10.9. The molecule has 28 heavy (non-hydrogen) atoms. The predicted molar refractivity (Wildman–Crippen MR) is 113 cm³/mol. The number of aromatic nitrogens is 1. The molecule has 0 saturated heterocycles. The molecular formula is C22H18FN3OS. The summed E-state index contributed by atoms with van der Waals surface area (Å²) in [5.74, 6) is -0.691. The average molecular weight is 391 g/mol. The van der Waals surface area contributed by atoms with Crippen molar-refractivity contribution in [2.75, 3.05) is 11.1 Å². The number of aryl methyl sites for hydroxylation is 1. The maximum absolute atomic E-state index is 13.0. The van der Waals surface area contributed by atoms with Crippen molar-refractivity contribution in [2.24, 2.45) is 0 Å². The molecule has 6 heteroatoms. The van der Waals surface area contributed by atoms with Crippen LogP contribution in [-0.2, 0) is 6.42 Å². The van der Waals surface area contributed by atoms with Crippen LogP contribution in [0.3, 0.4) is 0 Å². The van der Waals surface area contributed by atoms with Gasteiger partial charge >= 0.3 is 0 Å². The minimum absolute atomic E-state index is 0.332. The van der Waals surface area contributed by atoms with Gasteiger partial charge in [0.1, 0.15) is 15.5 Å². The van der Waals surface area contributed by atoms with Crippen molar-refractivity contribution in [2.45, 2.75) is 13.3 Å². The Hall–Kier alpha value is -3.25. The number of hydrogen-bond donors (Lipinski definition) is 2. The first-order valence-corrected chi connectivity index (χ1v) is 9.72. The SMILES string of the molecule is CCc1ccc(-c2ccc3c(N)c(C(=O)Nc4ccc(F)cc4)sc3n2)cc1. The molecular weight excluding hydrogens is 373 g/mol. The van der Waals surface area contributed by atoms with E-state index in [9.17, 15) is 9.18 Å². The molecule has 0 aliphatic rings. The van der Waals surface area contributed by atoms with E-state index in [2.05, 4.69) is 24.4 Å². The predicted octanol–water partition coefficient (Wildman–Crippen LogP) is 5.50. The van der Waals surface area contributed by atoms with Crippen molar-refractivity contribution in [3.05, 3.63) is 76.9 Å². The molecule has 0 bridgehead atoms. The highest BCUT2D eigenvalue weighted by Gasteiger charge is 2.18. The zero-order valence-corrected chi connectivity index (χ0v) is 16.0. The van der Waals surface area contributed by atoms with E-state index in [1.807, 2.05) is 24.3 Å². The van der Waals surface area contributed by atoms with Gasteiger partial charge in [-0.1, -0.05) is 31.2 Å². The molecule has 2 heterocycles. The summed E-state index contributed by atoms with van der Waals surface area (Å²) in [4.78, 5) is 18.4. The molecule has 0 atom stereocenters. The second-order valence-electron chi connectivity index (χ2n) is 6.41. The lowest BCUT2D eigenvalue weighted by Gasteiger charge is -2.04. The van der Waals surface area contributed by atoms with Crippen LogP contribution in [0.2, 0.25) is 0 Å². The van der Waals surface area contributed by atoms with Crippen molar-refractivity contribution in [3.63, 3.8) is 0 Å². The van der Waals surface area contributed by atoms with E-state index < -0.39 is 0 Å². The lowest BCUT2D eigenvalue weighted by molar-refractivity contribution is 0.103. The fraction of sp³-hybridized carbons (Fsp3) is 0.0909. The van der Waals surface area contributed by atoms with E-state index in [-0.39, 0.29) is 11.7 Å². The maximum Gasteiger partial charge on any atom is 0.267 e. The molecule has 0 aliphatic heterocycles. The van der Waals surface area contributed by atoms with E-state index in [4.69, 9.17) is 10.7 Å². The van der Waals surface area contributed by atoms with E-state index in [0.717, 1.165) is 23.1 Å². The monoisotopic (exact) mass is 391 g/mol. The first-order valence-electron chi connectivity index (χ1n) is 8.90. The molecule has 4 nitrogen and oxygen atoms in total. The number of rotatable bonds is 4. The van der Waals surface area contributed by atoms with Gasteiger partial charge in [0, 0.05) is 16.6 Å². The summed E-state index contributed by atoms with van der Waals surface area (Å²) in [5.41, 5.74) is 10.2. The van der Waals surface area contributed by atoms with Gasteiger partial charge < -0.3 is 11.1 Å².